The van der Waals surface area contributed by atoms with Crippen molar-refractivity contribution < 1.29 is 4.79 Å². The molecule has 3 nitrogen and oxygen atoms in total. The minimum atomic E-state index is 0.143. The van der Waals surface area contributed by atoms with Crippen LogP contribution in [0.2, 0.25) is 0 Å². The number of nitrogens with zero attached hydrogens (tertiary/aromatic N) is 1. The molecule has 0 unspecified atom stereocenters. The molecule has 2 aromatic carbocycles. The highest BCUT2D eigenvalue weighted by molar-refractivity contribution is 5.90. The number of carbonyl (C=O) groups excluding carboxylic acids is 1. The molecule has 0 aliphatic heterocycles. The van der Waals surface area contributed by atoms with Crippen molar-refractivity contribution in [3.63, 3.8) is 0 Å². The van der Waals surface area contributed by atoms with Gasteiger partial charge in [0.05, 0.1) is 6.42 Å². The monoisotopic (exact) mass is 256 g/mol. The lowest BCUT2D eigenvalue weighted by Crippen LogP contribution is -2.36. The number of nitrogens with two attached hydrogens (primary N) is 1. The molecule has 0 bridgehead atoms. The van der Waals surface area contributed by atoms with Crippen LogP contribution in [0.3, 0.4) is 0 Å². The van der Waals surface area contributed by atoms with E-state index in [0.717, 1.165) is 10.9 Å². The maximum absolute atomic E-state index is 12.2. The first-order valence-electron chi connectivity index (χ1n) is 6.70. The Kier molecular flexibility index (Phi) is 4.53. The Bertz CT molecular complexity index is 560. The number of fused-ring (bicyclic) bond motifs is 1. The van der Waals surface area contributed by atoms with Gasteiger partial charge in [-0.15, -0.1) is 0 Å². The maximum Gasteiger partial charge on any atom is 0.227 e. The van der Waals surface area contributed by atoms with E-state index in [1.54, 1.807) is 0 Å². The standard InChI is InChI=1S/C16H20N2O/c1-2-18(11-10-17)16(19)12-14-8-5-7-13-6-3-4-9-15(13)14/h3-9H,2,10-12,17H2,1H3. The lowest BCUT2D eigenvalue weighted by Gasteiger charge is -2.20. The zero-order valence-electron chi connectivity index (χ0n) is 11.3. The molecule has 0 heterocycles. The number of amides is 1. The molecule has 2 rings (SSSR count). The largest absolute Gasteiger partial charge is 0.341 e. The molecule has 1 amide bonds. The van der Waals surface area contributed by atoms with E-state index in [1.165, 1.54) is 5.39 Å². The van der Waals surface area contributed by atoms with Crippen molar-refractivity contribution in [3.8, 4) is 0 Å². The summed E-state index contributed by atoms with van der Waals surface area (Å²) in [5.41, 5.74) is 6.61. The first-order chi connectivity index (χ1) is 9.26. The number of benzene rings is 2. The summed E-state index contributed by atoms with van der Waals surface area (Å²) in [5, 5.41) is 2.33. The number of rotatable bonds is 5. The molecule has 0 aliphatic rings. The molecule has 0 saturated carbocycles. The van der Waals surface area contributed by atoms with Crippen LogP contribution in [0.5, 0.6) is 0 Å². The summed E-state index contributed by atoms with van der Waals surface area (Å²) >= 11 is 0. The second-order valence-electron chi connectivity index (χ2n) is 4.58. The molecule has 0 saturated heterocycles. The average Bonchev–Trinajstić information content (AvgIpc) is 2.45. The lowest BCUT2D eigenvalue weighted by atomic mass is 10.0. The third-order valence-corrected chi connectivity index (χ3v) is 3.36. The zero-order valence-corrected chi connectivity index (χ0v) is 11.3. The summed E-state index contributed by atoms with van der Waals surface area (Å²) < 4.78 is 0. The van der Waals surface area contributed by atoms with E-state index >= 15 is 0 Å². The van der Waals surface area contributed by atoms with Gasteiger partial charge in [0.25, 0.3) is 0 Å². The highest BCUT2D eigenvalue weighted by Gasteiger charge is 2.12. The summed E-state index contributed by atoms with van der Waals surface area (Å²) in [5.74, 6) is 0.143. The lowest BCUT2D eigenvalue weighted by molar-refractivity contribution is -0.130. The van der Waals surface area contributed by atoms with Gasteiger partial charge in [0.1, 0.15) is 0 Å². The molecule has 0 fully saturated rings. The van der Waals surface area contributed by atoms with E-state index in [1.807, 2.05) is 36.1 Å². The Morgan fingerprint density at radius 2 is 1.89 bits per heavy atom. The fourth-order valence-corrected chi connectivity index (χ4v) is 2.34. The van der Waals surface area contributed by atoms with E-state index in [4.69, 9.17) is 5.73 Å². The normalized spacial score (nSPS) is 10.6. The number of hydrogen-bond donors (Lipinski definition) is 1. The smallest absolute Gasteiger partial charge is 0.227 e. The van der Waals surface area contributed by atoms with Gasteiger partial charge in [0.15, 0.2) is 0 Å². The molecule has 0 atom stereocenters. The third kappa shape index (κ3) is 3.12. The first-order valence-corrected chi connectivity index (χ1v) is 6.70. The van der Waals surface area contributed by atoms with E-state index < -0.39 is 0 Å². The topological polar surface area (TPSA) is 46.3 Å². The van der Waals surface area contributed by atoms with Crippen LogP contribution in [-0.2, 0) is 11.2 Å². The van der Waals surface area contributed by atoms with Gasteiger partial charge in [-0.2, -0.15) is 0 Å². The van der Waals surface area contributed by atoms with E-state index in [9.17, 15) is 4.79 Å². The van der Waals surface area contributed by atoms with Gasteiger partial charge in [0, 0.05) is 19.6 Å². The third-order valence-electron chi connectivity index (χ3n) is 3.36. The quantitative estimate of drug-likeness (QED) is 0.891. The van der Waals surface area contributed by atoms with Crippen molar-refractivity contribution in [2.75, 3.05) is 19.6 Å². The fourth-order valence-electron chi connectivity index (χ4n) is 2.34. The van der Waals surface area contributed by atoms with E-state index in [-0.39, 0.29) is 5.91 Å². The van der Waals surface area contributed by atoms with Gasteiger partial charge in [-0.1, -0.05) is 42.5 Å². The van der Waals surface area contributed by atoms with Gasteiger partial charge in [0.2, 0.25) is 5.91 Å². The van der Waals surface area contributed by atoms with Crippen LogP contribution in [0.25, 0.3) is 10.8 Å². The number of likely N-dealkylation sites (N-methyl/N-ethyl adjacent to an activating group) is 1. The molecule has 100 valence electrons. The van der Waals surface area contributed by atoms with Crippen LogP contribution in [-0.4, -0.2) is 30.4 Å². The van der Waals surface area contributed by atoms with Crippen molar-refractivity contribution in [2.45, 2.75) is 13.3 Å². The summed E-state index contributed by atoms with van der Waals surface area (Å²) in [6.07, 6.45) is 0.440. The Labute approximate surface area is 114 Å². The summed E-state index contributed by atoms with van der Waals surface area (Å²) in [6.45, 7) is 3.83. The van der Waals surface area contributed by atoms with Crippen LogP contribution >= 0.6 is 0 Å². The van der Waals surface area contributed by atoms with Gasteiger partial charge in [-0.05, 0) is 23.3 Å². The number of carbonyl (C=O) groups is 1. The van der Waals surface area contributed by atoms with Gasteiger partial charge < -0.3 is 10.6 Å². The number of hydrogen-bond acceptors (Lipinski definition) is 2. The van der Waals surface area contributed by atoms with Crippen LogP contribution in [0.4, 0.5) is 0 Å². The second-order valence-corrected chi connectivity index (χ2v) is 4.58. The Balaban J connectivity index is 2.23. The Morgan fingerprint density at radius 1 is 1.16 bits per heavy atom. The highest BCUT2D eigenvalue weighted by Crippen LogP contribution is 2.19. The molecule has 2 N–H and O–H groups in total. The van der Waals surface area contributed by atoms with E-state index in [2.05, 4.69) is 18.2 Å². The van der Waals surface area contributed by atoms with Crippen molar-refractivity contribution in [2.24, 2.45) is 5.73 Å². The molecule has 2 aromatic rings. The van der Waals surface area contributed by atoms with Crippen LogP contribution in [0.15, 0.2) is 42.5 Å². The minimum Gasteiger partial charge on any atom is -0.341 e. The Morgan fingerprint density at radius 3 is 2.63 bits per heavy atom. The van der Waals surface area contributed by atoms with Crippen molar-refractivity contribution in [3.05, 3.63) is 48.0 Å². The summed E-state index contributed by atoms with van der Waals surface area (Å²) in [7, 11) is 0. The van der Waals surface area contributed by atoms with Crippen LogP contribution < -0.4 is 5.73 Å². The van der Waals surface area contributed by atoms with Crippen molar-refractivity contribution in [1.82, 2.24) is 4.90 Å². The van der Waals surface area contributed by atoms with Crippen LogP contribution in [0.1, 0.15) is 12.5 Å². The van der Waals surface area contributed by atoms with Gasteiger partial charge in [-0.25, -0.2) is 0 Å². The molecular formula is C16H20N2O. The maximum atomic E-state index is 12.2. The predicted molar refractivity (Wildman–Crippen MR) is 79.0 cm³/mol. The van der Waals surface area contributed by atoms with Crippen molar-refractivity contribution >= 4 is 16.7 Å². The second kappa shape index (κ2) is 6.34. The molecule has 3 heteroatoms. The molecule has 0 spiro atoms. The Hall–Kier alpha value is -1.87. The predicted octanol–water partition coefficient (Wildman–Crippen LogP) is 2.19. The minimum absolute atomic E-state index is 0.143. The average molecular weight is 256 g/mol. The van der Waals surface area contributed by atoms with Gasteiger partial charge >= 0.3 is 0 Å². The summed E-state index contributed by atoms with van der Waals surface area (Å²) in [6, 6.07) is 14.3. The molecule has 19 heavy (non-hydrogen) atoms. The zero-order chi connectivity index (χ0) is 13.7. The molecule has 0 radical (unpaired) electrons. The molecule has 0 aliphatic carbocycles. The molecule has 0 aromatic heterocycles. The first kappa shape index (κ1) is 13.6. The fraction of sp³-hybridized carbons (Fsp3) is 0.312. The summed E-state index contributed by atoms with van der Waals surface area (Å²) in [4.78, 5) is 14.1. The van der Waals surface area contributed by atoms with Crippen LogP contribution in [0, 0.1) is 0 Å². The van der Waals surface area contributed by atoms with Gasteiger partial charge in [-0.3, -0.25) is 4.79 Å². The van der Waals surface area contributed by atoms with E-state index in [0.29, 0.717) is 26.1 Å². The molecular weight excluding hydrogens is 236 g/mol. The SMILES string of the molecule is CCN(CCN)C(=O)Cc1cccc2ccccc12. The highest BCUT2D eigenvalue weighted by atomic mass is 16.2. The van der Waals surface area contributed by atoms with Crippen molar-refractivity contribution in [1.29, 1.82) is 0 Å².